The second-order valence-corrected chi connectivity index (χ2v) is 10.4. The number of nitrogens with zero attached hydrogens (tertiary/aromatic N) is 5. The number of aromatic nitrogens is 5. The quantitative estimate of drug-likeness (QED) is 0.502. The van der Waals surface area contributed by atoms with Crippen LogP contribution in [0.15, 0.2) is 23.0 Å². The molecule has 2 aromatic heterocycles. The molecule has 8 heteroatoms. The van der Waals surface area contributed by atoms with Crippen molar-refractivity contribution in [2.24, 2.45) is 0 Å². The molecule has 0 bridgehead atoms. The highest BCUT2D eigenvalue weighted by Gasteiger charge is 2.31. The Bertz CT molecular complexity index is 1210. The van der Waals surface area contributed by atoms with Gasteiger partial charge in [-0.1, -0.05) is 37.8 Å². The zero-order valence-electron chi connectivity index (χ0n) is 21.3. The summed E-state index contributed by atoms with van der Waals surface area (Å²) in [5.41, 5.74) is 3.96. The monoisotopic (exact) mass is 478 g/mol. The van der Waals surface area contributed by atoms with Crippen LogP contribution >= 0.6 is 0 Å². The van der Waals surface area contributed by atoms with Crippen molar-refractivity contribution in [2.75, 3.05) is 13.2 Å². The number of hydrogen-bond donors (Lipinski definition) is 1. The third kappa shape index (κ3) is 5.19. The Kier molecular flexibility index (Phi) is 7.29. The topological polar surface area (TPSA) is 88.9 Å². The van der Waals surface area contributed by atoms with Crippen LogP contribution in [-0.2, 0) is 11.3 Å². The van der Waals surface area contributed by atoms with Gasteiger partial charge >= 0.3 is 0 Å². The number of fused-ring (bicyclic) bond motifs is 1. The van der Waals surface area contributed by atoms with Crippen molar-refractivity contribution in [1.29, 1.82) is 0 Å². The number of tetrazole rings is 1. The smallest absolute Gasteiger partial charge is 0.252 e. The van der Waals surface area contributed by atoms with Crippen molar-refractivity contribution >= 4 is 10.9 Å². The fourth-order valence-electron chi connectivity index (χ4n) is 6.03. The average molecular weight is 479 g/mol. The molecule has 188 valence electrons. The molecule has 1 aromatic carbocycles. The Morgan fingerprint density at radius 2 is 1.97 bits per heavy atom. The minimum Gasteiger partial charge on any atom is -0.377 e. The summed E-state index contributed by atoms with van der Waals surface area (Å²) in [7, 11) is 0. The summed E-state index contributed by atoms with van der Waals surface area (Å²) >= 11 is 0. The van der Waals surface area contributed by atoms with Gasteiger partial charge in [-0.2, -0.15) is 0 Å². The Balaban J connectivity index is 1.50. The zero-order valence-corrected chi connectivity index (χ0v) is 21.3. The molecule has 2 atom stereocenters. The lowest BCUT2D eigenvalue weighted by Gasteiger charge is -2.33. The van der Waals surface area contributed by atoms with Crippen molar-refractivity contribution in [3.05, 3.63) is 51.1 Å². The second-order valence-electron chi connectivity index (χ2n) is 10.4. The summed E-state index contributed by atoms with van der Waals surface area (Å²) in [5.74, 6) is 0.918. The molecule has 1 saturated carbocycles. The Hall–Kier alpha value is -2.58. The van der Waals surface area contributed by atoms with E-state index in [1.54, 1.807) is 0 Å². The molecule has 0 spiro atoms. The minimum atomic E-state index is -0.0245. The molecule has 8 nitrogen and oxygen atoms in total. The van der Waals surface area contributed by atoms with Crippen molar-refractivity contribution in [3.63, 3.8) is 0 Å². The van der Waals surface area contributed by atoms with Crippen LogP contribution in [0.4, 0.5) is 0 Å². The molecule has 1 aliphatic carbocycles. The molecule has 2 aliphatic rings. The first-order valence-corrected chi connectivity index (χ1v) is 13.3. The van der Waals surface area contributed by atoms with Gasteiger partial charge in [-0.3, -0.25) is 9.69 Å². The molecule has 0 unspecified atom stereocenters. The van der Waals surface area contributed by atoms with E-state index in [0.717, 1.165) is 73.1 Å². The Morgan fingerprint density at radius 1 is 1.14 bits per heavy atom. The van der Waals surface area contributed by atoms with Crippen LogP contribution in [-0.4, -0.2) is 49.3 Å². The van der Waals surface area contributed by atoms with Crippen LogP contribution in [0.5, 0.6) is 0 Å². The summed E-state index contributed by atoms with van der Waals surface area (Å²) in [6.45, 7) is 8.44. The van der Waals surface area contributed by atoms with E-state index in [9.17, 15) is 4.79 Å². The van der Waals surface area contributed by atoms with Gasteiger partial charge in [-0.15, -0.1) is 5.10 Å². The van der Waals surface area contributed by atoms with Gasteiger partial charge in [0.1, 0.15) is 0 Å². The van der Waals surface area contributed by atoms with Crippen LogP contribution in [0.2, 0.25) is 0 Å². The maximum atomic E-state index is 13.2. The minimum absolute atomic E-state index is 0.0190. The SMILES string of the molecule is CC[C@H](c1nnnn1C1CCCCC1)N(Cc1cc2cc(C)cc(C)c2[nH]c1=O)C[C@@H]1CCCO1. The highest BCUT2D eigenvalue weighted by Crippen LogP contribution is 2.33. The largest absolute Gasteiger partial charge is 0.377 e. The number of ether oxygens (including phenoxy) is 1. The van der Waals surface area contributed by atoms with Crippen LogP contribution in [0.25, 0.3) is 10.9 Å². The maximum Gasteiger partial charge on any atom is 0.252 e. The Labute approximate surface area is 207 Å². The number of H-pyrrole nitrogens is 1. The fourth-order valence-corrected chi connectivity index (χ4v) is 6.03. The van der Waals surface area contributed by atoms with Crippen molar-refractivity contribution in [2.45, 2.75) is 96.9 Å². The van der Waals surface area contributed by atoms with E-state index >= 15 is 0 Å². The standard InChI is InChI=1S/C27H38N6O2/c1-4-24(26-29-30-31-33(26)22-9-6-5-7-10-22)32(17-23-11-8-12-35-23)16-21-15-20-14-18(2)13-19(3)25(20)28-27(21)34/h13-15,22-24H,4-12,16-17H2,1-3H3,(H,28,34)/t23-,24+/m0/s1. The number of pyridine rings is 1. The van der Waals surface area contributed by atoms with Gasteiger partial charge < -0.3 is 9.72 Å². The molecule has 2 fully saturated rings. The number of aryl methyl sites for hydroxylation is 2. The molecule has 3 heterocycles. The normalized spacial score (nSPS) is 20.2. The predicted molar refractivity (Wildman–Crippen MR) is 136 cm³/mol. The first-order chi connectivity index (χ1) is 17.0. The zero-order chi connectivity index (χ0) is 24.4. The average Bonchev–Trinajstić information content (AvgIpc) is 3.54. The first-order valence-electron chi connectivity index (χ1n) is 13.3. The summed E-state index contributed by atoms with van der Waals surface area (Å²) in [4.78, 5) is 18.7. The summed E-state index contributed by atoms with van der Waals surface area (Å²) in [5, 5.41) is 14.1. The molecular formula is C27H38N6O2. The van der Waals surface area contributed by atoms with Crippen molar-refractivity contribution in [1.82, 2.24) is 30.1 Å². The molecule has 5 rings (SSSR count). The van der Waals surface area contributed by atoms with E-state index in [1.807, 2.05) is 6.92 Å². The highest BCUT2D eigenvalue weighted by molar-refractivity contribution is 5.82. The van der Waals surface area contributed by atoms with Gasteiger partial charge in [0.05, 0.1) is 23.7 Å². The van der Waals surface area contributed by atoms with Crippen LogP contribution in [0, 0.1) is 13.8 Å². The van der Waals surface area contributed by atoms with Crippen LogP contribution in [0.3, 0.4) is 0 Å². The highest BCUT2D eigenvalue weighted by atomic mass is 16.5. The molecule has 3 aromatic rings. The lowest BCUT2D eigenvalue weighted by atomic mass is 9.95. The molecule has 1 saturated heterocycles. The third-order valence-electron chi connectivity index (χ3n) is 7.77. The molecular weight excluding hydrogens is 440 g/mol. The van der Waals surface area contributed by atoms with Gasteiger partial charge in [0.2, 0.25) is 0 Å². The van der Waals surface area contributed by atoms with E-state index < -0.39 is 0 Å². The molecule has 0 radical (unpaired) electrons. The van der Waals surface area contributed by atoms with Gasteiger partial charge in [-0.25, -0.2) is 4.68 Å². The first kappa shape index (κ1) is 24.1. The molecule has 1 N–H and O–H groups in total. The third-order valence-corrected chi connectivity index (χ3v) is 7.77. The van der Waals surface area contributed by atoms with Crippen LogP contribution in [0.1, 0.15) is 92.9 Å². The van der Waals surface area contributed by atoms with E-state index in [4.69, 9.17) is 4.74 Å². The van der Waals surface area contributed by atoms with Gasteiger partial charge in [-0.05, 0) is 79.5 Å². The summed E-state index contributed by atoms with van der Waals surface area (Å²) < 4.78 is 8.10. The summed E-state index contributed by atoms with van der Waals surface area (Å²) in [6, 6.07) is 6.70. The number of nitrogens with one attached hydrogen (secondary N) is 1. The maximum absolute atomic E-state index is 13.2. The van der Waals surface area contributed by atoms with Gasteiger partial charge in [0.15, 0.2) is 5.82 Å². The number of benzene rings is 1. The molecule has 1 aliphatic heterocycles. The lowest BCUT2D eigenvalue weighted by Crippen LogP contribution is -2.38. The van der Waals surface area contributed by atoms with Gasteiger partial charge in [0.25, 0.3) is 5.56 Å². The fraction of sp³-hybridized carbons (Fsp3) is 0.630. The number of aromatic amines is 1. The Morgan fingerprint density at radius 3 is 2.71 bits per heavy atom. The number of hydrogen-bond acceptors (Lipinski definition) is 6. The van der Waals surface area contributed by atoms with Crippen molar-refractivity contribution in [3.8, 4) is 0 Å². The molecule has 0 amide bonds. The van der Waals surface area contributed by atoms with Crippen LogP contribution < -0.4 is 5.56 Å². The van der Waals surface area contributed by atoms with Gasteiger partial charge in [0, 0.05) is 25.3 Å². The second kappa shape index (κ2) is 10.6. The lowest BCUT2D eigenvalue weighted by molar-refractivity contribution is 0.0481. The van der Waals surface area contributed by atoms with E-state index in [0.29, 0.717) is 12.6 Å². The van der Waals surface area contributed by atoms with E-state index in [2.05, 4.69) is 62.1 Å². The number of rotatable bonds is 8. The summed E-state index contributed by atoms with van der Waals surface area (Å²) in [6.07, 6.45) is 9.18. The predicted octanol–water partition coefficient (Wildman–Crippen LogP) is 4.77. The van der Waals surface area contributed by atoms with E-state index in [1.165, 1.54) is 24.8 Å². The van der Waals surface area contributed by atoms with E-state index in [-0.39, 0.29) is 17.7 Å². The van der Waals surface area contributed by atoms with Crippen molar-refractivity contribution < 1.29 is 4.74 Å². The molecule has 35 heavy (non-hydrogen) atoms.